The molecule has 0 bridgehead atoms. The number of rotatable bonds is 2. The average molecular weight is 620 g/mol. The summed E-state index contributed by atoms with van der Waals surface area (Å²) in [4.78, 5) is 0. The molecule has 7 aromatic carbocycles. The first-order valence-electron chi connectivity index (χ1n) is 15.8. The fourth-order valence-corrected chi connectivity index (χ4v) is 7.70. The quantitative estimate of drug-likeness (QED) is 0.142. The van der Waals surface area contributed by atoms with Crippen molar-refractivity contribution in [3.8, 4) is 46.7 Å². The third kappa shape index (κ3) is 3.77. The van der Waals surface area contributed by atoms with Gasteiger partial charge in [-0.15, -0.1) is 0 Å². The van der Waals surface area contributed by atoms with Gasteiger partial charge in [0.15, 0.2) is 0 Å². The van der Waals surface area contributed by atoms with Crippen molar-refractivity contribution in [2.45, 2.75) is 0 Å². The minimum absolute atomic E-state index is 0.0774. The zero-order valence-corrected chi connectivity index (χ0v) is 25.9. The number of benzene rings is 7. The van der Waals surface area contributed by atoms with Crippen LogP contribution in [0.4, 0.5) is 0 Å². The minimum Gasteiger partial charge on any atom is -0.308 e. The number of fused-ring (bicyclic) bond motifs is 12. The number of aromatic nitrogens is 1. The first-order valence-corrected chi connectivity index (χ1v) is 15.8. The van der Waals surface area contributed by atoms with Crippen LogP contribution in [0.25, 0.3) is 81.9 Å². The molecule has 0 spiro atoms. The fourth-order valence-electron chi connectivity index (χ4n) is 7.70. The van der Waals surface area contributed by atoms with E-state index in [9.17, 15) is 21.0 Å². The molecular formula is C44H21N5. The lowest BCUT2D eigenvalue weighted by molar-refractivity contribution is 1.29. The van der Waals surface area contributed by atoms with Crippen molar-refractivity contribution >= 4 is 59.5 Å². The van der Waals surface area contributed by atoms with Gasteiger partial charge in [-0.3, -0.25) is 0 Å². The molecule has 0 fully saturated rings. The van der Waals surface area contributed by atoms with Crippen LogP contribution in [0.15, 0.2) is 127 Å². The normalized spacial score (nSPS) is 11.2. The van der Waals surface area contributed by atoms with Crippen molar-refractivity contribution < 1.29 is 0 Å². The second-order valence-corrected chi connectivity index (χ2v) is 12.1. The van der Waals surface area contributed by atoms with Crippen molar-refractivity contribution in [2.75, 3.05) is 0 Å². The topological polar surface area (TPSA) is 99.6 Å². The van der Waals surface area contributed by atoms with Gasteiger partial charge in [0, 0.05) is 32.5 Å². The van der Waals surface area contributed by atoms with Crippen molar-refractivity contribution in [3.05, 3.63) is 150 Å². The molecule has 222 valence electrons. The van der Waals surface area contributed by atoms with Gasteiger partial charge >= 0.3 is 0 Å². The Morgan fingerprint density at radius 1 is 0.388 bits per heavy atom. The minimum atomic E-state index is -0.0809. The van der Waals surface area contributed by atoms with E-state index in [2.05, 4.69) is 95.4 Å². The van der Waals surface area contributed by atoms with Crippen LogP contribution in [0.3, 0.4) is 0 Å². The number of nitrogens with zero attached hydrogens (tertiary/aromatic N) is 5. The maximum Gasteiger partial charge on any atom is 0.102 e. The van der Waals surface area contributed by atoms with Crippen molar-refractivity contribution in [1.82, 2.24) is 4.40 Å². The number of hydrogen-bond acceptors (Lipinski definition) is 4. The fraction of sp³-hybridized carbons (Fsp3) is 0. The van der Waals surface area contributed by atoms with Crippen LogP contribution in [0.2, 0.25) is 0 Å². The van der Waals surface area contributed by atoms with Crippen LogP contribution in [0.5, 0.6) is 0 Å². The van der Waals surface area contributed by atoms with Gasteiger partial charge in [-0.05, 0) is 50.9 Å². The summed E-state index contributed by atoms with van der Waals surface area (Å²) in [6, 6.07) is 52.0. The Labute approximate surface area is 280 Å². The molecule has 0 aliphatic carbocycles. The second-order valence-electron chi connectivity index (χ2n) is 12.1. The molecule has 9 aromatic rings. The van der Waals surface area contributed by atoms with Crippen molar-refractivity contribution in [1.29, 1.82) is 21.0 Å². The molecule has 49 heavy (non-hydrogen) atoms. The summed E-state index contributed by atoms with van der Waals surface area (Å²) in [7, 11) is 0. The van der Waals surface area contributed by atoms with E-state index in [1.807, 2.05) is 60.7 Å². The highest BCUT2D eigenvalue weighted by atomic mass is 14.9. The van der Waals surface area contributed by atoms with Crippen LogP contribution in [0.1, 0.15) is 22.3 Å². The van der Waals surface area contributed by atoms with Gasteiger partial charge in [0.1, 0.15) is 24.3 Å². The molecule has 5 nitrogen and oxygen atoms in total. The lowest BCUT2D eigenvalue weighted by atomic mass is 9.87. The predicted octanol–water partition coefficient (Wildman–Crippen LogP) is 10.5. The summed E-state index contributed by atoms with van der Waals surface area (Å²) in [5, 5.41) is 49.4. The molecule has 9 rings (SSSR count). The standard InChI is InChI=1S/C44H21N5/c45-22-36-33-19-35-41(21-34(33)37(23-46)39(25-48)38(36)24-47)49-40(27-13-5-2-6-14-27)20-32(26-11-3-1-4-12-26)44(49)43-31-18-10-8-16-29(31)28-15-7-9-17-30(28)42(35)43/h1-21H. The largest absolute Gasteiger partial charge is 0.308 e. The lowest BCUT2D eigenvalue weighted by Gasteiger charge is -2.19. The van der Waals surface area contributed by atoms with Crippen LogP contribution in [-0.4, -0.2) is 4.40 Å². The third-order valence-corrected chi connectivity index (χ3v) is 9.71. The van der Waals surface area contributed by atoms with E-state index < -0.39 is 0 Å². The average Bonchev–Trinajstić information content (AvgIpc) is 3.57. The molecule has 0 unspecified atom stereocenters. The first-order chi connectivity index (χ1) is 24.2. The highest BCUT2D eigenvalue weighted by molar-refractivity contribution is 6.36. The van der Waals surface area contributed by atoms with E-state index in [0.717, 1.165) is 71.1 Å². The molecule has 0 saturated heterocycles. The Hall–Kier alpha value is -7.44. The maximum atomic E-state index is 10.4. The highest BCUT2D eigenvalue weighted by Crippen LogP contribution is 2.47. The summed E-state index contributed by atoms with van der Waals surface area (Å²) in [6.07, 6.45) is 0. The van der Waals surface area contributed by atoms with Gasteiger partial charge in [0.05, 0.1) is 39.0 Å². The van der Waals surface area contributed by atoms with Gasteiger partial charge in [0.25, 0.3) is 0 Å². The maximum absolute atomic E-state index is 10.4. The molecule has 0 N–H and O–H groups in total. The molecular weight excluding hydrogens is 599 g/mol. The molecule has 0 aliphatic rings. The van der Waals surface area contributed by atoms with Gasteiger partial charge in [-0.25, -0.2) is 0 Å². The number of nitriles is 4. The van der Waals surface area contributed by atoms with E-state index in [1.165, 1.54) is 0 Å². The Balaban J connectivity index is 1.69. The summed E-state index contributed by atoms with van der Waals surface area (Å²) >= 11 is 0. The summed E-state index contributed by atoms with van der Waals surface area (Å²) in [5.74, 6) is 0. The third-order valence-electron chi connectivity index (χ3n) is 9.71. The Bertz CT molecular complexity index is 3070. The predicted molar refractivity (Wildman–Crippen MR) is 195 cm³/mol. The molecule has 0 radical (unpaired) electrons. The lowest BCUT2D eigenvalue weighted by Crippen LogP contribution is -2.00. The molecule has 2 aromatic heterocycles. The van der Waals surface area contributed by atoms with E-state index >= 15 is 0 Å². The van der Waals surface area contributed by atoms with Crippen molar-refractivity contribution in [2.24, 2.45) is 0 Å². The zero-order chi connectivity index (χ0) is 33.2. The molecule has 0 saturated carbocycles. The Kier molecular flexibility index (Phi) is 5.99. The molecule has 0 amide bonds. The van der Waals surface area contributed by atoms with Gasteiger partial charge in [0.2, 0.25) is 0 Å². The Morgan fingerprint density at radius 3 is 1.41 bits per heavy atom. The molecule has 0 atom stereocenters. The van der Waals surface area contributed by atoms with E-state index in [-0.39, 0.29) is 22.3 Å². The summed E-state index contributed by atoms with van der Waals surface area (Å²) < 4.78 is 2.27. The smallest absolute Gasteiger partial charge is 0.102 e. The van der Waals surface area contributed by atoms with Crippen LogP contribution in [0, 0.1) is 45.3 Å². The number of pyridine rings is 1. The molecule has 5 heteroatoms. The first kappa shape index (κ1) is 27.8. The highest BCUT2D eigenvalue weighted by Gasteiger charge is 2.25. The number of hydrogen-bond donors (Lipinski definition) is 0. The van der Waals surface area contributed by atoms with Gasteiger partial charge in [-0.2, -0.15) is 21.0 Å². The Morgan fingerprint density at radius 2 is 0.857 bits per heavy atom. The van der Waals surface area contributed by atoms with Gasteiger partial charge in [-0.1, -0.05) is 109 Å². The molecule has 0 aliphatic heterocycles. The van der Waals surface area contributed by atoms with E-state index in [1.54, 1.807) is 0 Å². The van der Waals surface area contributed by atoms with Crippen LogP contribution in [-0.2, 0) is 0 Å². The van der Waals surface area contributed by atoms with Crippen LogP contribution >= 0.6 is 0 Å². The summed E-state index contributed by atoms with van der Waals surface area (Å²) in [5.41, 5.74) is 5.96. The van der Waals surface area contributed by atoms with E-state index in [4.69, 9.17) is 0 Å². The van der Waals surface area contributed by atoms with Crippen LogP contribution < -0.4 is 0 Å². The van der Waals surface area contributed by atoms with Gasteiger partial charge < -0.3 is 4.40 Å². The zero-order valence-electron chi connectivity index (χ0n) is 25.9. The summed E-state index contributed by atoms with van der Waals surface area (Å²) in [6.45, 7) is 0. The van der Waals surface area contributed by atoms with Crippen molar-refractivity contribution in [3.63, 3.8) is 0 Å². The monoisotopic (exact) mass is 619 g/mol. The second kappa shape index (κ2) is 10.6. The SMILES string of the molecule is N#Cc1c(C#N)c(C#N)c2cc3c(cc2c1C#N)c1c2ccccc2c2ccccc2c1c1c(-c2ccccc2)cc(-c2ccccc2)n31. The van der Waals surface area contributed by atoms with E-state index in [0.29, 0.717) is 10.8 Å². The molecule has 2 heterocycles.